The van der Waals surface area contributed by atoms with E-state index in [1.165, 1.54) is 7.11 Å². The van der Waals surface area contributed by atoms with Crippen LogP contribution in [-0.4, -0.2) is 32.1 Å². The van der Waals surface area contributed by atoms with Crippen molar-refractivity contribution in [2.24, 2.45) is 5.73 Å². The average molecular weight is 280 g/mol. The fourth-order valence-corrected chi connectivity index (χ4v) is 1.52. The van der Waals surface area contributed by atoms with Crippen LogP contribution in [0.15, 0.2) is 24.3 Å². The maximum atomic E-state index is 11.5. The first-order chi connectivity index (χ1) is 9.65. The van der Waals surface area contributed by atoms with Gasteiger partial charge in [0, 0.05) is 19.5 Å². The van der Waals surface area contributed by atoms with Crippen LogP contribution in [0.2, 0.25) is 0 Å². The number of carbonyl (C=O) groups is 2. The minimum absolute atomic E-state index is 0.0632. The summed E-state index contributed by atoms with van der Waals surface area (Å²) in [6, 6.07) is 7.28. The molecule has 0 spiro atoms. The molecule has 0 radical (unpaired) electrons. The van der Waals surface area contributed by atoms with E-state index in [1.807, 2.05) is 12.1 Å². The SMILES string of the molecule is COC(=O)CCCNC(=O)COc1cccc(CN)c1. The van der Waals surface area contributed by atoms with Gasteiger partial charge >= 0.3 is 5.97 Å². The second-order valence-electron chi connectivity index (χ2n) is 4.17. The zero-order valence-corrected chi connectivity index (χ0v) is 11.6. The molecule has 0 saturated heterocycles. The second-order valence-corrected chi connectivity index (χ2v) is 4.17. The molecule has 0 unspecified atom stereocenters. The van der Waals surface area contributed by atoms with Gasteiger partial charge in [0.25, 0.3) is 5.91 Å². The van der Waals surface area contributed by atoms with Gasteiger partial charge in [-0.15, -0.1) is 0 Å². The predicted molar refractivity (Wildman–Crippen MR) is 74.1 cm³/mol. The fraction of sp³-hybridized carbons (Fsp3) is 0.429. The van der Waals surface area contributed by atoms with Gasteiger partial charge in [0.1, 0.15) is 5.75 Å². The van der Waals surface area contributed by atoms with Gasteiger partial charge in [-0.05, 0) is 24.1 Å². The Morgan fingerprint density at radius 1 is 1.35 bits per heavy atom. The molecule has 3 N–H and O–H groups in total. The maximum Gasteiger partial charge on any atom is 0.305 e. The lowest BCUT2D eigenvalue weighted by Crippen LogP contribution is -2.30. The lowest BCUT2D eigenvalue weighted by Gasteiger charge is -2.08. The van der Waals surface area contributed by atoms with E-state index in [0.717, 1.165) is 5.56 Å². The summed E-state index contributed by atoms with van der Waals surface area (Å²) in [6.07, 6.45) is 0.831. The minimum Gasteiger partial charge on any atom is -0.484 e. The van der Waals surface area contributed by atoms with Gasteiger partial charge in [-0.25, -0.2) is 0 Å². The molecule has 6 heteroatoms. The molecule has 110 valence electrons. The highest BCUT2D eigenvalue weighted by Crippen LogP contribution is 2.12. The molecule has 1 aromatic carbocycles. The van der Waals surface area contributed by atoms with Crippen LogP contribution in [0.1, 0.15) is 18.4 Å². The summed E-state index contributed by atoms with van der Waals surface area (Å²) in [7, 11) is 1.34. The normalized spacial score (nSPS) is 9.90. The third-order valence-corrected chi connectivity index (χ3v) is 2.61. The number of nitrogens with one attached hydrogen (secondary N) is 1. The monoisotopic (exact) mass is 280 g/mol. The molecular weight excluding hydrogens is 260 g/mol. The number of nitrogens with two attached hydrogens (primary N) is 1. The molecule has 0 saturated carbocycles. The molecule has 0 bridgehead atoms. The zero-order chi connectivity index (χ0) is 14.8. The molecule has 0 heterocycles. The Morgan fingerprint density at radius 2 is 2.15 bits per heavy atom. The van der Waals surface area contributed by atoms with Crippen LogP contribution in [0.5, 0.6) is 5.75 Å². The van der Waals surface area contributed by atoms with Gasteiger partial charge in [-0.1, -0.05) is 12.1 Å². The lowest BCUT2D eigenvalue weighted by molar-refractivity contribution is -0.140. The molecule has 1 amide bonds. The van der Waals surface area contributed by atoms with Crippen molar-refractivity contribution in [3.05, 3.63) is 29.8 Å². The number of hydrogen-bond donors (Lipinski definition) is 2. The number of amides is 1. The summed E-state index contributed by atoms with van der Waals surface area (Å²) in [5, 5.41) is 2.66. The molecule has 0 aromatic heterocycles. The molecule has 0 atom stereocenters. The lowest BCUT2D eigenvalue weighted by atomic mass is 10.2. The number of hydrogen-bond acceptors (Lipinski definition) is 5. The molecule has 6 nitrogen and oxygen atoms in total. The highest BCUT2D eigenvalue weighted by atomic mass is 16.5. The van der Waals surface area contributed by atoms with E-state index in [-0.39, 0.29) is 24.9 Å². The van der Waals surface area contributed by atoms with E-state index in [0.29, 0.717) is 25.3 Å². The van der Waals surface area contributed by atoms with Gasteiger partial charge in [-0.2, -0.15) is 0 Å². The van der Waals surface area contributed by atoms with E-state index < -0.39 is 0 Å². The quantitative estimate of drug-likeness (QED) is 0.537. The summed E-state index contributed by atoms with van der Waals surface area (Å²) >= 11 is 0. The Hall–Kier alpha value is -2.08. The van der Waals surface area contributed by atoms with Crippen molar-refractivity contribution in [2.75, 3.05) is 20.3 Å². The molecule has 0 aliphatic carbocycles. The number of methoxy groups -OCH3 is 1. The Kier molecular flexibility index (Phi) is 7.13. The van der Waals surface area contributed by atoms with E-state index in [4.69, 9.17) is 10.5 Å². The molecule has 1 aromatic rings. The Labute approximate surface area is 118 Å². The number of ether oxygens (including phenoxy) is 2. The molecular formula is C14H20N2O4. The molecule has 0 aliphatic rings. The minimum atomic E-state index is -0.283. The third kappa shape index (κ3) is 6.19. The topological polar surface area (TPSA) is 90.6 Å². The summed E-state index contributed by atoms with van der Waals surface area (Å²) in [4.78, 5) is 22.4. The third-order valence-electron chi connectivity index (χ3n) is 2.61. The van der Waals surface area contributed by atoms with Crippen molar-refractivity contribution in [3.8, 4) is 5.75 Å². The van der Waals surface area contributed by atoms with Gasteiger partial charge in [0.2, 0.25) is 0 Å². The van der Waals surface area contributed by atoms with Gasteiger partial charge < -0.3 is 20.5 Å². The average Bonchev–Trinajstić information content (AvgIpc) is 2.49. The Bertz CT molecular complexity index is 449. The van der Waals surface area contributed by atoms with Crippen molar-refractivity contribution >= 4 is 11.9 Å². The fourth-order valence-electron chi connectivity index (χ4n) is 1.52. The first-order valence-electron chi connectivity index (χ1n) is 6.41. The van der Waals surface area contributed by atoms with Crippen molar-refractivity contribution in [3.63, 3.8) is 0 Å². The summed E-state index contributed by atoms with van der Waals surface area (Å²) in [6.45, 7) is 0.781. The van der Waals surface area contributed by atoms with Crippen LogP contribution in [0, 0.1) is 0 Å². The number of carbonyl (C=O) groups excluding carboxylic acids is 2. The van der Waals surface area contributed by atoms with Gasteiger partial charge in [-0.3, -0.25) is 9.59 Å². The Balaban J connectivity index is 2.20. The second kappa shape index (κ2) is 8.92. The van der Waals surface area contributed by atoms with Crippen molar-refractivity contribution < 1.29 is 19.1 Å². The summed E-state index contributed by atoms with van der Waals surface area (Å²) in [5.74, 6) is 0.0970. The van der Waals surface area contributed by atoms with Crippen LogP contribution in [0.4, 0.5) is 0 Å². The first kappa shape index (κ1) is 16.0. The van der Waals surface area contributed by atoms with Gasteiger partial charge in [0.15, 0.2) is 6.61 Å². The summed E-state index contributed by atoms with van der Waals surface area (Å²) < 4.78 is 9.85. The summed E-state index contributed by atoms with van der Waals surface area (Å²) in [5.41, 5.74) is 6.46. The van der Waals surface area contributed by atoms with Gasteiger partial charge in [0.05, 0.1) is 7.11 Å². The highest BCUT2D eigenvalue weighted by molar-refractivity contribution is 5.77. The van der Waals surface area contributed by atoms with E-state index in [1.54, 1.807) is 12.1 Å². The maximum absolute atomic E-state index is 11.5. The number of rotatable bonds is 8. The first-order valence-corrected chi connectivity index (χ1v) is 6.41. The highest BCUT2D eigenvalue weighted by Gasteiger charge is 2.04. The van der Waals surface area contributed by atoms with Crippen molar-refractivity contribution in [2.45, 2.75) is 19.4 Å². The van der Waals surface area contributed by atoms with Crippen LogP contribution in [0.3, 0.4) is 0 Å². The predicted octanol–water partition coefficient (Wildman–Crippen LogP) is 0.593. The van der Waals surface area contributed by atoms with Crippen molar-refractivity contribution in [1.82, 2.24) is 5.32 Å². The van der Waals surface area contributed by atoms with Crippen LogP contribution in [0.25, 0.3) is 0 Å². The Morgan fingerprint density at radius 3 is 2.85 bits per heavy atom. The van der Waals surface area contributed by atoms with E-state index >= 15 is 0 Å². The van der Waals surface area contributed by atoms with Crippen LogP contribution >= 0.6 is 0 Å². The van der Waals surface area contributed by atoms with Crippen LogP contribution < -0.4 is 15.8 Å². The largest absolute Gasteiger partial charge is 0.484 e. The van der Waals surface area contributed by atoms with Crippen molar-refractivity contribution in [1.29, 1.82) is 0 Å². The standard InChI is InChI=1S/C14H20N2O4/c1-19-14(18)6-3-7-16-13(17)10-20-12-5-2-4-11(8-12)9-15/h2,4-5,8H,3,6-7,9-10,15H2,1H3,(H,16,17). The van der Waals surface area contributed by atoms with E-state index in [9.17, 15) is 9.59 Å². The zero-order valence-electron chi connectivity index (χ0n) is 11.6. The molecule has 20 heavy (non-hydrogen) atoms. The molecule has 0 aliphatic heterocycles. The van der Waals surface area contributed by atoms with Crippen LogP contribution in [-0.2, 0) is 20.9 Å². The number of benzene rings is 1. The molecule has 0 fully saturated rings. The smallest absolute Gasteiger partial charge is 0.305 e. The molecule has 1 rings (SSSR count). The number of esters is 1. The van der Waals surface area contributed by atoms with E-state index in [2.05, 4.69) is 10.1 Å².